The second kappa shape index (κ2) is 8.20. The Hall–Kier alpha value is -2.94. The first kappa shape index (κ1) is 19.4. The molecule has 148 valence electrons. The molecule has 3 nitrogen and oxygen atoms in total. The fourth-order valence-corrected chi connectivity index (χ4v) is 4.19. The molecule has 0 atom stereocenters. The summed E-state index contributed by atoms with van der Waals surface area (Å²) >= 11 is 0. The zero-order chi connectivity index (χ0) is 20.4. The van der Waals surface area contributed by atoms with E-state index in [0.29, 0.717) is 18.1 Å². The van der Waals surface area contributed by atoms with Gasteiger partial charge in [-0.3, -0.25) is 4.98 Å². The van der Waals surface area contributed by atoms with Crippen LogP contribution in [0.3, 0.4) is 0 Å². The van der Waals surface area contributed by atoms with Crippen LogP contribution in [0.25, 0.3) is 27.6 Å². The maximum Gasteiger partial charge on any atom is 0.338 e. The minimum absolute atomic E-state index is 0.286. The van der Waals surface area contributed by atoms with E-state index in [1.165, 1.54) is 11.1 Å². The van der Waals surface area contributed by atoms with Crippen LogP contribution in [0.15, 0.2) is 54.6 Å². The predicted molar refractivity (Wildman–Crippen MR) is 119 cm³/mol. The van der Waals surface area contributed by atoms with Crippen LogP contribution in [-0.4, -0.2) is 17.6 Å². The predicted octanol–water partition coefficient (Wildman–Crippen LogP) is 6.45. The molecule has 4 rings (SSSR count). The van der Waals surface area contributed by atoms with Gasteiger partial charge in [0.25, 0.3) is 0 Å². The van der Waals surface area contributed by atoms with Gasteiger partial charge in [0, 0.05) is 16.6 Å². The number of aromatic nitrogens is 1. The summed E-state index contributed by atoms with van der Waals surface area (Å²) in [5.74, 6) is 0.336. The molecule has 0 aliphatic heterocycles. The smallest absolute Gasteiger partial charge is 0.338 e. The molecule has 0 radical (unpaired) electrons. The van der Waals surface area contributed by atoms with Gasteiger partial charge >= 0.3 is 5.97 Å². The molecule has 29 heavy (non-hydrogen) atoms. The molecular weight excluding hydrogens is 358 g/mol. The van der Waals surface area contributed by atoms with E-state index in [-0.39, 0.29) is 5.97 Å². The summed E-state index contributed by atoms with van der Waals surface area (Å²) in [5.41, 5.74) is 6.34. The maximum atomic E-state index is 12.6. The second-order valence-corrected chi connectivity index (χ2v) is 7.99. The molecule has 0 N–H and O–H groups in total. The van der Waals surface area contributed by atoms with Crippen LogP contribution >= 0.6 is 0 Å². The van der Waals surface area contributed by atoms with Gasteiger partial charge in [0.1, 0.15) is 0 Å². The van der Waals surface area contributed by atoms with E-state index >= 15 is 0 Å². The number of esters is 1. The van der Waals surface area contributed by atoms with E-state index in [9.17, 15) is 4.79 Å². The molecule has 3 heteroatoms. The van der Waals surface area contributed by atoms with Gasteiger partial charge in [-0.2, -0.15) is 0 Å². The average molecular weight is 386 g/mol. The van der Waals surface area contributed by atoms with E-state index in [2.05, 4.69) is 32.1 Å². The SMILES string of the molecule is CCOC(=O)c1cccc2cccc(-c3ccc4c(n3)CCC=C4CC(C)C)c12. The van der Waals surface area contributed by atoms with Crippen molar-refractivity contribution in [3.63, 3.8) is 0 Å². The molecule has 3 aromatic rings. The van der Waals surface area contributed by atoms with Crippen LogP contribution in [0.2, 0.25) is 0 Å². The quantitative estimate of drug-likeness (QED) is 0.474. The van der Waals surface area contributed by atoms with Crippen molar-refractivity contribution in [2.45, 2.75) is 40.0 Å². The zero-order valence-corrected chi connectivity index (χ0v) is 17.4. The summed E-state index contributed by atoms with van der Waals surface area (Å²) in [6.07, 6.45) is 5.44. The third kappa shape index (κ3) is 3.82. The lowest BCUT2D eigenvalue weighted by Crippen LogP contribution is -2.07. The van der Waals surface area contributed by atoms with E-state index in [4.69, 9.17) is 9.72 Å². The number of benzene rings is 2. The minimum Gasteiger partial charge on any atom is -0.462 e. The Balaban J connectivity index is 1.84. The van der Waals surface area contributed by atoms with Crippen molar-refractivity contribution in [3.8, 4) is 11.3 Å². The number of carbonyl (C=O) groups is 1. The number of rotatable bonds is 5. The summed E-state index contributed by atoms with van der Waals surface area (Å²) in [6.45, 7) is 6.70. The Morgan fingerprint density at radius 2 is 1.86 bits per heavy atom. The molecule has 2 aromatic carbocycles. The van der Waals surface area contributed by atoms with E-state index < -0.39 is 0 Å². The molecule has 0 unspecified atom stereocenters. The lowest BCUT2D eigenvalue weighted by molar-refractivity contribution is 0.0528. The number of allylic oxidation sites excluding steroid dienone is 2. The van der Waals surface area contributed by atoms with Gasteiger partial charge in [0.15, 0.2) is 0 Å². The highest BCUT2D eigenvalue weighted by molar-refractivity contribution is 6.10. The topological polar surface area (TPSA) is 39.2 Å². The first-order valence-electron chi connectivity index (χ1n) is 10.5. The van der Waals surface area contributed by atoms with Crippen molar-refractivity contribution in [2.24, 2.45) is 5.92 Å². The summed E-state index contributed by atoms with van der Waals surface area (Å²) in [4.78, 5) is 17.6. The maximum absolute atomic E-state index is 12.6. The first-order valence-corrected chi connectivity index (χ1v) is 10.5. The van der Waals surface area contributed by atoms with E-state index in [0.717, 1.165) is 47.0 Å². The highest BCUT2D eigenvalue weighted by atomic mass is 16.5. The Morgan fingerprint density at radius 1 is 1.07 bits per heavy atom. The fourth-order valence-electron chi connectivity index (χ4n) is 4.19. The standard InChI is InChI=1S/C26H27NO2/c1-4-29-26(28)22-12-6-9-18-8-5-11-21(25(18)22)24-15-14-20-19(16-17(2)3)10-7-13-23(20)27-24/h5-6,8-12,14-15,17H,4,7,13,16H2,1-3H3. The van der Waals surface area contributed by atoms with Crippen molar-refractivity contribution < 1.29 is 9.53 Å². The molecular formula is C26H27NO2. The normalized spacial score (nSPS) is 13.3. The molecule has 0 saturated carbocycles. The largest absolute Gasteiger partial charge is 0.462 e. The molecule has 0 saturated heterocycles. The number of nitrogens with zero attached hydrogens (tertiary/aromatic N) is 1. The van der Waals surface area contributed by atoms with E-state index in [1.54, 1.807) is 0 Å². The summed E-state index contributed by atoms with van der Waals surface area (Å²) in [6, 6.07) is 16.2. The Bertz CT molecular complexity index is 1090. The lowest BCUT2D eigenvalue weighted by atomic mass is 9.88. The van der Waals surface area contributed by atoms with Gasteiger partial charge < -0.3 is 4.74 Å². The number of carbonyl (C=O) groups excluding carboxylic acids is 1. The number of ether oxygens (including phenoxy) is 1. The molecule has 1 aliphatic rings. The molecule has 0 amide bonds. The van der Waals surface area contributed by atoms with Crippen LogP contribution in [0.1, 0.15) is 55.2 Å². The van der Waals surface area contributed by atoms with Crippen molar-refractivity contribution >= 4 is 22.3 Å². The van der Waals surface area contributed by atoms with Gasteiger partial charge in [0.05, 0.1) is 17.9 Å². The lowest BCUT2D eigenvalue weighted by Gasteiger charge is -2.20. The number of hydrogen-bond donors (Lipinski definition) is 0. The minimum atomic E-state index is -0.286. The van der Waals surface area contributed by atoms with Gasteiger partial charge in [-0.05, 0) is 60.8 Å². The number of hydrogen-bond acceptors (Lipinski definition) is 3. The van der Waals surface area contributed by atoms with Crippen LogP contribution < -0.4 is 0 Å². The highest BCUT2D eigenvalue weighted by Gasteiger charge is 2.19. The number of fused-ring (bicyclic) bond motifs is 2. The van der Waals surface area contributed by atoms with Gasteiger partial charge in [-0.25, -0.2) is 4.79 Å². The van der Waals surface area contributed by atoms with Gasteiger partial charge in [-0.1, -0.05) is 56.3 Å². The van der Waals surface area contributed by atoms with Crippen molar-refractivity contribution in [1.29, 1.82) is 0 Å². The molecule has 0 spiro atoms. The molecule has 0 bridgehead atoms. The van der Waals surface area contributed by atoms with Gasteiger partial charge in [-0.15, -0.1) is 0 Å². The van der Waals surface area contributed by atoms with Crippen LogP contribution in [0.4, 0.5) is 0 Å². The third-order valence-electron chi connectivity index (χ3n) is 5.40. The van der Waals surface area contributed by atoms with E-state index in [1.807, 2.05) is 43.3 Å². The highest BCUT2D eigenvalue weighted by Crippen LogP contribution is 2.35. The van der Waals surface area contributed by atoms with Crippen LogP contribution in [-0.2, 0) is 11.2 Å². The molecule has 1 heterocycles. The Morgan fingerprint density at radius 3 is 2.62 bits per heavy atom. The number of aryl methyl sites for hydroxylation is 1. The average Bonchev–Trinajstić information content (AvgIpc) is 2.72. The monoisotopic (exact) mass is 385 g/mol. The van der Waals surface area contributed by atoms with Crippen molar-refractivity contribution in [1.82, 2.24) is 4.98 Å². The summed E-state index contributed by atoms with van der Waals surface area (Å²) in [7, 11) is 0. The Kier molecular flexibility index (Phi) is 5.48. The van der Waals surface area contributed by atoms with Gasteiger partial charge in [0.2, 0.25) is 0 Å². The number of pyridine rings is 1. The second-order valence-electron chi connectivity index (χ2n) is 7.99. The molecule has 0 fully saturated rings. The summed E-state index contributed by atoms with van der Waals surface area (Å²) < 4.78 is 5.30. The molecule has 1 aromatic heterocycles. The summed E-state index contributed by atoms with van der Waals surface area (Å²) in [5, 5.41) is 1.93. The first-order chi connectivity index (χ1) is 14.1. The van der Waals surface area contributed by atoms with Crippen molar-refractivity contribution in [3.05, 3.63) is 71.4 Å². The van der Waals surface area contributed by atoms with Crippen LogP contribution in [0.5, 0.6) is 0 Å². The zero-order valence-electron chi connectivity index (χ0n) is 17.4. The third-order valence-corrected chi connectivity index (χ3v) is 5.40. The van der Waals surface area contributed by atoms with Crippen molar-refractivity contribution in [2.75, 3.05) is 6.61 Å². The fraction of sp³-hybridized carbons (Fsp3) is 0.308. The Labute approximate surface area is 172 Å². The molecule has 1 aliphatic carbocycles. The van der Waals surface area contributed by atoms with Crippen LogP contribution in [0, 0.1) is 5.92 Å².